The van der Waals surface area contributed by atoms with Crippen molar-refractivity contribution in [3.8, 4) is 0 Å². The Morgan fingerprint density at radius 1 is 1.62 bits per heavy atom. The predicted molar refractivity (Wildman–Crippen MR) is 48.1 cm³/mol. The van der Waals surface area contributed by atoms with Gasteiger partial charge < -0.3 is 14.7 Å². The van der Waals surface area contributed by atoms with Gasteiger partial charge in [-0.25, -0.2) is 0 Å². The molecule has 1 saturated heterocycles. The zero-order chi connectivity index (χ0) is 9.68. The van der Waals surface area contributed by atoms with Gasteiger partial charge >= 0.3 is 0 Å². The summed E-state index contributed by atoms with van der Waals surface area (Å²) in [5, 5.41) is 8.79. The zero-order valence-electron chi connectivity index (χ0n) is 8.03. The fourth-order valence-electron chi connectivity index (χ4n) is 1.68. The van der Waals surface area contributed by atoms with Crippen LogP contribution < -0.4 is 0 Å². The summed E-state index contributed by atoms with van der Waals surface area (Å²) in [5.41, 5.74) is 0. The number of rotatable bonds is 3. The van der Waals surface area contributed by atoms with Gasteiger partial charge in [0.25, 0.3) is 0 Å². The third-order valence-corrected chi connectivity index (χ3v) is 2.37. The molecule has 0 radical (unpaired) electrons. The van der Waals surface area contributed by atoms with E-state index in [2.05, 4.69) is 0 Å². The summed E-state index contributed by atoms with van der Waals surface area (Å²) in [6.45, 7) is 0.392. The summed E-state index contributed by atoms with van der Waals surface area (Å²) < 4.78 is 5.20. The van der Waals surface area contributed by atoms with Gasteiger partial charge in [0, 0.05) is 20.1 Å². The van der Waals surface area contributed by atoms with Crippen LogP contribution in [-0.4, -0.2) is 42.4 Å². The van der Waals surface area contributed by atoms with E-state index in [0.717, 1.165) is 19.3 Å². The first-order chi connectivity index (χ1) is 6.29. The van der Waals surface area contributed by atoms with Gasteiger partial charge in [-0.05, 0) is 19.3 Å². The van der Waals surface area contributed by atoms with Gasteiger partial charge in [0.2, 0.25) is 5.91 Å². The minimum Gasteiger partial charge on any atom is -0.395 e. The molecule has 0 aromatic carbocycles. The van der Waals surface area contributed by atoms with Crippen LogP contribution in [0.2, 0.25) is 0 Å². The van der Waals surface area contributed by atoms with Crippen molar-refractivity contribution in [3.63, 3.8) is 0 Å². The van der Waals surface area contributed by atoms with Gasteiger partial charge in [-0.2, -0.15) is 0 Å². The number of aliphatic hydroxyl groups is 1. The van der Waals surface area contributed by atoms with Crippen LogP contribution >= 0.6 is 0 Å². The van der Waals surface area contributed by atoms with Gasteiger partial charge in [-0.1, -0.05) is 0 Å². The monoisotopic (exact) mass is 187 g/mol. The van der Waals surface area contributed by atoms with Crippen molar-refractivity contribution in [2.75, 3.05) is 20.3 Å². The molecule has 1 amide bonds. The van der Waals surface area contributed by atoms with E-state index in [4.69, 9.17) is 9.84 Å². The Bertz CT molecular complexity index is 172. The number of carbonyl (C=O) groups is 1. The SMILES string of the molecule is COC1CCCCC(=O)N1CCO. The second-order valence-corrected chi connectivity index (χ2v) is 3.25. The van der Waals surface area contributed by atoms with Crippen LogP contribution in [0.15, 0.2) is 0 Å². The summed E-state index contributed by atoms with van der Waals surface area (Å²) in [4.78, 5) is 13.1. The molecule has 13 heavy (non-hydrogen) atoms. The maximum atomic E-state index is 11.5. The third-order valence-electron chi connectivity index (χ3n) is 2.37. The van der Waals surface area contributed by atoms with Crippen molar-refractivity contribution in [2.45, 2.75) is 31.9 Å². The zero-order valence-corrected chi connectivity index (χ0v) is 8.03. The summed E-state index contributed by atoms with van der Waals surface area (Å²) >= 11 is 0. The minimum absolute atomic E-state index is 0.00556. The number of methoxy groups -OCH3 is 1. The number of nitrogens with zero attached hydrogens (tertiary/aromatic N) is 1. The number of aliphatic hydroxyl groups excluding tert-OH is 1. The quantitative estimate of drug-likeness (QED) is 0.693. The number of hydrogen-bond donors (Lipinski definition) is 1. The lowest BCUT2D eigenvalue weighted by atomic mass is 10.2. The predicted octanol–water partition coefficient (Wildman–Crippen LogP) is 0.354. The van der Waals surface area contributed by atoms with E-state index in [-0.39, 0.29) is 18.7 Å². The molecule has 1 fully saturated rings. The molecular weight excluding hydrogens is 170 g/mol. The van der Waals surface area contributed by atoms with Crippen molar-refractivity contribution in [1.82, 2.24) is 4.90 Å². The number of amides is 1. The second-order valence-electron chi connectivity index (χ2n) is 3.25. The fourth-order valence-corrected chi connectivity index (χ4v) is 1.68. The average Bonchev–Trinajstić information content (AvgIpc) is 2.30. The van der Waals surface area contributed by atoms with Crippen molar-refractivity contribution in [1.29, 1.82) is 0 Å². The Morgan fingerprint density at radius 3 is 3.00 bits per heavy atom. The largest absolute Gasteiger partial charge is 0.395 e. The van der Waals surface area contributed by atoms with E-state index in [9.17, 15) is 4.79 Å². The maximum Gasteiger partial charge on any atom is 0.224 e. The molecule has 1 N–H and O–H groups in total. The number of carbonyl (C=O) groups excluding carboxylic acids is 1. The Hall–Kier alpha value is -0.610. The average molecular weight is 187 g/mol. The number of ether oxygens (including phenoxy) is 1. The summed E-state index contributed by atoms with van der Waals surface area (Å²) in [6, 6.07) is 0. The lowest BCUT2D eigenvalue weighted by molar-refractivity contribution is -0.143. The highest BCUT2D eigenvalue weighted by Gasteiger charge is 2.24. The van der Waals surface area contributed by atoms with Gasteiger partial charge in [0.05, 0.1) is 6.61 Å². The van der Waals surface area contributed by atoms with Crippen LogP contribution in [0.3, 0.4) is 0 Å². The molecule has 4 nitrogen and oxygen atoms in total. The molecule has 0 bridgehead atoms. The van der Waals surface area contributed by atoms with Crippen molar-refractivity contribution < 1.29 is 14.6 Å². The first kappa shape index (κ1) is 10.5. The molecule has 0 spiro atoms. The molecule has 76 valence electrons. The molecule has 1 atom stereocenters. The molecule has 1 unspecified atom stereocenters. The van der Waals surface area contributed by atoms with Gasteiger partial charge in [0.1, 0.15) is 6.23 Å². The highest BCUT2D eigenvalue weighted by atomic mass is 16.5. The Kier molecular flexibility index (Phi) is 4.18. The fraction of sp³-hybridized carbons (Fsp3) is 0.889. The van der Waals surface area contributed by atoms with Crippen LogP contribution in [0.4, 0.5) is 0 Å². The first-order valence-corrected chi connectivity index (χ1v) is 4.72. The molecule has 1 heterocycles. The smallest absolute Gasteiger partial charge is 0.224 e. The van der Waals surface area contributed by atoms with Crippen molar-refractivity contribution >= 4 is 5.91 Å². The van der Waals surface area contributed by atoms with E-state index in [1.165, 1.54) is 0 Å². The Labute approximate surface area is 78.5 Å². The minimum atomic E-state index is -0.137. The number of β-amino-alcohol motifs (C(OH)–C–C–N with tert-alkyl or cyclic N) is 1. The molecule has 0 aliphatic carbocycles. The summed E-state index contributed by atoms with van der Waals surface area (Å²) in [6.07, 6.45) is 3.27. The van der Waals surface area contributed by atoms with Crippen molar-refractivity contribution in [3.05, 3.63) is 0 Å². The van der Waals surface area contributed by atoms with Crippen LogP contribution in [0.1, 0.15) is 25.7 Å². The lowest BCUT2D eigenvalue weighted by Gasteiger charge is -2.27. The van der Waals surface area contributed by atoms with Crippen LogP contribution in [0.5, 0.6) is 0 Å². The van der Waals surface area contributed by atoms with E-state index < -0.39 is 0 Å². The molecule has 1 rings (SSSR count). The summed E-state index contributed by atoms with van der Waals surface area (Å²) in [5.74, 6) is 0.0957. The second kappa shape index (κ2) is 5.19. The van der Waals surface area contributed by atoms with Gasteiger partial charge in [-0.3, -0.25) is 4.79 Å². The first-order valence-electron chi connectivity index (χ1n) is 4.72. The molecule has 0 aromatic heterocycles. The normalized spacial score (nSPS) is 24.6. The molecule has 4 heteroatoms. The molecular formula is C9H17NO3. The van der Waals surface area contributed by atoms with Crippen LogP contribution in [0.25, 0.3) is 0 Å². The van der Waals surface area contributed by atoms with E-state index in [0.29, 0.717) is 13.0 Å². The Balaban J connectivity index is 2.60. The number of likely N-dealkylation sites (tertiary alicyclic amines) is 1. The molecule has 1 aliphatic rings. The topological polar surface area (TPSA) is 49.8 Å². The number of hydrogen-bond acceptors (Lipinski definition) is 3. The lowest BCUT2D eigenvalue weighted by Crippen LogP contribution is -2.41. The van der Waals surface area contributed by atoms with Crippen LogP contribution in [-0.2, 0) is 9.53 Å². The molecule has 0 saturated carbocycles. The third kappa shape index (κ3) is 2.67. The molecule has 1 aliphatic heterocycles. The van der Waals surface area contributed by atoms with Crippen LogP contribution in [0, 0.1) is 0 Å². The maximum absolute atomic E-state index is 11.5. The van der Waals surface area contributed by atoms with Gasteiger partial charge in [0.15, 0.2) is 0 Å². The van der Waals surface area contributed by atoms with E-state index >= 15 is 0 Å². The van der Waals surface area contributed by atoms with E-state index in [1.807, 2.05) is 0 Å². The molecule has 0 aromatic rings. The summed E-state index contributed by atoms with van der Waals surface area (Å²) in [7, 11) is 1.60. The van der Waals surface area contributed by atoms with E-state index in [1.54, 1.807) is 12.0 Å². The Morgan fingerprint density at radius 2 is 2.38 bits per heavy atom. The highest BCUT2D eigenvalue weighted by Crippen LogP contribution is 2.17. The highest BCUT2D eigenvalue weighted by molar-refractivity contribution is 5.76. The van der Waals surface area contributed by atoms with Gasteiger partial charge in [-0.15, -0.1) is 0 Å². The standard InChI is InChI=1S/C9H17NO3/c1-13-9-5-3-2-4-8(12)10(9)6-7-11/h9,11H,2-7H2,1H3. The van der Waals surface area contributed by atoms with Crippen molar-refractivity contribution in [2.24, 2.45) is 0 Å².